The molecule has 0 saturated heterocycles. The summed E-state index contributed by atoms with van der Waals surface area (Å²) in [5.41, 5.74) is 0. The number of nitrogens with one attached hydrogen (secondary N) is 2. The molecule has 0 saturated carbocycles. The van der Waals surface area contributed by atoms with Gasteiger partial charge in [-0.15, -0.1) is 0 Å². The molecular weight excluding hydrogens is 212 g/mol. The van der Waals surface area contributed by atoms with Gasteiger partial charge in [0.1, 0.15) is 6.04 Å². The van der Waals surface area contributed by atoms with Crippen LogP contribution in [-0.2, 0) is 4.79 Å². The minimum Gasteiger partial charge on any atom is -0.480 e. The van der Waals surface area contributed by atoms with Gasteiger partial charge in [-0.3, -0.25) is 0 Å². The average Bonchev–Trinajstić information content (AvgIpc) is 2.69. The van der Waals surface area contributed by atoms with Crippen molar-refractivity contribution in [1.82, 2.24) is 10.6 Å². The van der Waals surface area contributed by atoms with E-state index in [0.29, 0.717) is 0 Å². The summed E-state index contributed by atoms with van der Waals surface area (Å²) in [5, 5.41) is 22.4. The molecule has 1 aliphatic carbocycles. The van der Waals surface area contributed by atoms with Gasteiger partial charge in [-0.05, 0) is 12.8 Å². The summed E-state index contributed by atoms with van der Waals surface area (Å²) in [6.07, 6.45) is 5.47. The molecule has 2 amide bonds. The Labute approximate surface area is 93.3 Å². The molecule has 1 atom stereocenters. The van der Waals surface area contributed by atoms with E-state index in [9.17, 15) is 9.59 Å². The fraction of sp³-hybridized carbons (Fsp3) is 0.600. The molecular formula is C10H16N2O4. The first-order chi connectivity index (χ1) is 7.63. The highest BCUT2D eigenvalue weighted by Crippen LogP contribution is 2.08. The number of aliphatic hydroxyl groups is 1. The van der Waals surface area contributed by atoms with Crippen LogP contribution in [0.2, 0.25) is 0 Å². The van der Waals surface area contributed by atoms with E-state index in [1.807, 2.05) is 12.2 Å². The van der Waals surface area contributed by atoms with Crippen LogP contribution in [0.4, 0.5) is 4.79 Å². The number of urea groups is 1. The fourth-order valence-electron chi connectivity index (χ4n) is 1.51. The minimum absolute atomic E-state index is 0.00563. The largest absolute Gasteiger partial charge is 0.480 e. The SMILES string of the molecule is O=C(NC1CC=CC1)N[C@H](CCO)C(=O)O. The molecule has 1 rings (SSSR count). The molecule has 16 heavy (non-hydrogen) atoms. The lowest BCUT2D eigenvalue weighted by Crippen LogP contribution is -2.48. The second kappa shape index (κ2) is 6.12. The van der Waals surface area contributed by atoms with E-state index < -0.39 is 18.0 Å². The molecule has 6 nitrogen and oxygen atoms in total. The quantitative estimate of drug-likeness (QED) is 0.491. The maximum absolute atomic E-state index is 11.4. The summed E-state index contributed by atoms with van der Waals surface area (Å²) in [6.45, 7) is -0.276. The molecule has 4 N–H and O–H groups in total. The molecule has 0 aromatic carbocycles. The third-order valence-corrected chi connectivity index (χ3v) is 2.36. The number of hydrogen-bond donors (Lipinski definition) is 4. The van der Waals surface area contributed by atoms with Crippen LogP contribution >= 0.6 is 0 Å². The second-order valence-electron chi connectivity index (χ2n) is 3.66. The number of rotatable bonds is 5. The molecule has 0 aromatic heterocycles. The predicted octanol–water partition coefficient (Wildman–Crippen LogP) is -0.160. The van der Waals surface area contributed by atoms with Gasteiger partial charge in [-0.25, -0.2) is 9.59 Å². The Morgan fingerprint density at radius 2 is 2.00 bits per heavy atom. The van der Waals surface area contributed by atoms with E-state index >= 15 is 0 Å². The van der Waals surface area contributed by atoms with Crippen molar-refractivity contribution < 1.29 is 19.8 Å². The summed E-state index contributed by atoms with van der Waals surface area (Å²) in [5.74, 6) is -1.14. The zero-order chi connectivity index (χ0) is 12.0. The van der Waals surface area contributed by atoms with Crippen LogP contribution < -0.4 is 10.6 Å². The Hall–Kier alpha value is -1.56. The topological polar surface area (TPSA) is 98.7 Å². The van der Waals surface area contributed by atoms with Crippen LogP contribution in [-0.4, -0.2) is 40.9 Å². The number of aliphatic carboxylic acids is 1. The average molecular weight is 228 g/mol. The molecule has 90 valence electrons. The lowest BCUT2D eigenvalue weighted by Gasteiger charge is -2.17. The van der Waals surface area contributed by atoms with Gasteiger partial charge < -0.3 is 20.8 Å². The zero-order valence-electron chi connectivity index (χ0n) is 8.85. The van der Waals surface area contributed by atoms with Gasteiger partial charge in [0.25, 0.3) is 0 Å². The van der Waals surface area contributed by atoms with Gasteiger partial charge in [0.15, 0.2) is 0 Å². The van der Waals surface area contributed by atoms with Crippen molar-refractivity contribution in [2.24, 2.45) is 0 Å². The first kappa shape index (κ1) is 12.5. The molecule has 0 bridgehead atoms. The predicted molar refractivity (Wildman–Crippen MR) is 57.0 cm³/mol. The maximum Gasteiger partial charge on any atom is 0.326 e. The molecule has 1 aliphatic rings. The number of carboxylic acid groups (broad SMARTS) is 1. The van der Waals surface area contributed by atoms with Crippen LogP contribution in [0.3, 0.4) is 0 Å². The first-order valence-corrected chi connectivity index (χ1v) is 5.19. The van der Waals surface area contributed by atoms with Crippen LogP contribution in [0.25, 0.3) is 0 Å². The number of hydrogen-bond acceptors (Lipinski definition) is 3. The standard InChI is InChI=1S/C10H16N2O4/c13-6-5-8(9(14)15)12-10(16)11-7-3-1-2-4-7/h1-2,7-8,13H,3-6H2,(H,14,15)(H2,11,12,16)/t8-/m1/s1. The number of aliphatic hydroxyl groups excluding tert-OH is 1. The number of carboxylic acids is 1. The molecule has 6 heteroatoms. The van der Waals surface area contributed by atoms with Gasteiger partial charge in [0.05, 0.1) is 0 Å². The van der Waals surface area contributed by atoms with Gasteiger partial charge in [0.2, 0.25) is 0 Å². The minimum atomic E-state index is -1.14. The summed E-state index contributed by atoms with van der Waals surface area (Å²) < 4.78 is 0. The van der Waals surface area contributed by atoms with Gasteiger partial charge >= 0.3 is 12.0 Å². The van der Waals surface area contributed by atoms with E-state index in [0.717, 1.165) is 12.8 Å². The van der Waals surface area contributed by atoms with Crippen molar-refractivity contribution in [3.05, 3.63) is 12.2 Å². The van der Waals surface area contributed by atoms with Crippen molar-refractivity contribution in [2.75, 3.05) is 6.61 Å². The van der Waals surface area contributed by atoms with Crippen molar-refractivity contribution in [3.63, 3.8) is 0 Å². The van der Waals surface area contributed by atoms with Crippen molar-refractivity contribution >= 4 is 12.0 Å². The van der Waals surface area contributed by atoms with Gasteiger partial charge in [-0.1, -0.05) is 12.2 Å². The smallest absolute Gasteiger partial charge is 0.326 e. The van der Waals surface area contributed by atoms with Crippen molar-refractivity contribution in [2.45, 2.75) is 31.3 Å². The Balaban J connectivity index is 2.32. The number of amides is 2. The molecule has 0 aromatic rings. The lowest BCUT2D eigenvalue weighted by atomic mass is 10.2. The highest BCUT2D eigenvalue weighted by atomic mass is 16.4. The zero-order valence-corrected chi connectivity index (χ0v) is 8.85. The van der Waals surface area contributed by atoms with Crippen LogP contribution in [0, 0.1) is 0 Å². The maximum atomic E-state index is 11.4. The van der Waals surface area contributed by atoms with Gasteiger partial charge in [0, 0.05) is 19.1 Å². The van der Waals surface area contributed by atoms with Crippen molar-refractivity contribution in [3.8, 4) is 0 Å². The molecule has 0 spiro atoms. The highest BCUT2D eigenvalue weighted by molar-refractivity contribution is 5.82. The van der Waals surface area contributed by atoms with E-state index in [-0.39, 0.29) is 19.1 Å². The number of carbonyl (C=O) groups is 2. The monoisotopic (exact) mass is 228 g/mol. The molecule has 0 heterocycles. The lowest BCUT2D eigenvalue weighted by molar-refractivity contribution is -0.139. The fourth-order valence-corrected chi connectivity index (χ4v) is 1.51. The van der Waals surface area contributed by atoms with E-state index in [1.165, 1.54) is 0 Å². The number of carbonyl (C=O) groups excluding carboxylic acids is 1. The Bertz CT molecular complexity index is 283. The summed E-state index contributed by atoms with van der Waals surface area (Å²) >= 11 is 0. The van der Waals surface area contributed by atoms with Crippen LogP contribution in [0.15, 0.2) is 12.2 Å². The second-order valence-corrected chi connectivity index (χ2v) is 3.66. The van der Waals surface area contributed by atoms with Crippen molar-refractivity contribution in [1.29, 1.82) is 0 Å². The highest BCUT2D eigenvalue weighted by Gasteiger charge is 2.20. The Morgan fingerprint density at radius 3 is 2.50 bits per heavy atom. The third-order valence-electron chi connectivity index (χ3n) is 2.36. The molecule has 0 fully saturated rings. The van der Waals surface area contributed by atoms with Crippen LogP contribution in [0.5, 0.6) is 0 Å². The summed E-state index contributed by atoms with van der Waals surface area (Å²) in [7, 11) is 0. The molecule has 0 radical (unpaired) electrons. The van der Waals surface area contributed by atoms with Crippen LogP contribution in [0.1, 0.15) is 19.3 Å². The summed E-state index contributed by atoms with van der Waals surface area (Å²) in [4.78, 5) is 22.1. The normalized spacial score (nSPS) is 17.1. The Morgan fingerprint density at radius 1 is 1.38 bits per heavy atom. The molecule has 0 aliphatic heterocycles. The summed E-state index contributed by atoms with van der Waals surface area (Å²) in [6, 6.07) is -1.50. The van der Waals surface area contributed by atoms with E-state index in [2.05, 4.69) is 10.6 Å². The van der Waals surface area contributed by atoms with E-state index in [4.69, 9.17) is 10.2 Å². The van der Waals surface area contributed by atoms with E-state index in [1.54, 1.807) is 0 Å². The molecule has 0 unspecified atom stereocenters. The van der Waals surface area contributed by atoms with Gasteiger partial charge in [-0.2, -0.15) is 0 Å². The first-order valence-electron chi connectivity index (χ1n) is 5.19. The third kappa shape index (κ3) is 3.90. The Kier molecular flexibility index (Phi) is 4.78.